The minimum Gasteiger partial charge on any atom is -0.365 e. The fourth-order valence-corrected chi connectivity index (χ4v) is 6.81. The Balaban J connectivity index is 1.76. The number of pyridine rings is 1. The zero-order valence-corrected chi connectivity index (χ0v) is 23.2. The highest BCUT2D eigenvalue weighted by molar-refractivity contribution is 7.92. The van der Waals surface area contributed by atoms with E-state index >= 15 is 0 Å². The summed E-state index contributed by atoms with van der Waals surface area (Å²) in [7, 11) is -3.42. The maximum absolute atomic E-state index is 13.8. The number of amides is 1. The second kappa shape index (κ2) is 10.0. The highest BCUT2D eigenvalue weighted by Crippen LogP contribution is 2.37. The van der Waals surface area contributed by atoms with Crippen molar-refractivity contribution in [3.05, 3.63) is 98.3 Å². The lowest BCUT2D eigenvalue weighted by atomic mass is 9.89. The lowest BCUT2D eigenvalue weighted by Gasteiger charge is -2.22. The van der Waals surface area contributed by atoms with Crippen molar-refractivity contribution in [3.63, 3.8) is 0 Å². The zero-order chi connectivity index (χ0) is 29.9. The number of aromatic nitrogens is 2. The highest BCUT2D eigenvalue weighted by atomic mass is 32.2. The Morgan fingerprint density at radius 1 is 1.07 bits per heavy atom. The van der Waals surface area contributed by atoms with Crippen LogP contribution in [0.4, 0.5) is 13.2 Å². The van der Waals surface area contributed by atoms with E-state index in [0.29, 0.717) is 41.0 Å². The van der Waals surface area contributed by atoms with Gasteiger partial charge in [0.2, 0.25) is 0 Å². The van der Waals surface area contributed by atoms with Crippen LogP contribution in [0.15, 0.2) is 62.7 Å². The Hall–Kier alpha value is -4.19. The van der Waals surface area contributed by atoms with Crippen LogP contribution in [0.3, 0.4) is 0 Å². The van der Waals surface area contributed by atoms with Gasteiger partial charge < -0.3 is 10.3 Å². The van der Waals surface area contributed by atoms with Gasteiger partial charge in [0.1, 0.15) is 11.3 Å². The van der Waals surface area contributed by atoms with Crippen LogP contribution in [0.1, 0.15) is 57.0 Å². The fraction of sp³-hybridized carbons (Fsp3) is 0.276. The van der Waals surface area contributed by atoms with Crippen molar-refractivity contribution >= 4 is 15.7 Å². The Morgan fingerprint density at radius 2 is 1.73 bits per heavy atom. The number of nitrogens with two attached hydrogens (primary N) is 1. The first-order chi connectivity index (χ1) is 19.2. The SMILES string of the molecule is Cc1noc(C)c1-c1c(Cc2ccc(S(=O)(=O)C3CC3)cc2)c(C(N)=O)c(=O)n(-c2cccc(C(F)(F)F)c2)c1C. The third kappa shape index (κ3) is 5.08. The second-order valence-corrected chi connectivity index (χ2v) is 12.4. The number of nitrogens with zero attached hydrogens (tertiary/aromatic N) is 2. The van der Waals surface area contributed by atoms with Gasteiger partial charge in [-0.2, -0.15) is 13.2 Å². The van der Waals surface area contributed by atoms with Crippen molar-refractivity contribution in [2.45, 2.75) is 56.4 Å². The average Bonchev–Trinajstić information content (AvgIpc) is 3.71. The number of rotatable bonds is 7. The van der Waals surface area contributed by atoms with Crippen molar-refractivity contribution in [1.82, 2.24) is 9.72 Å². The quantitative estimate of drug-likeness (QED) is 0.323. The van der Waals surface area contributed by atoms with Crippen LogP contribution in [0, 0.1) is 20.8 Å². The van der Waals surface area contributed by atoms with E-state index in [1.54, 1.807) is 32.9 Å². The molecule has 8 nitrogen and oxygen atoms in total. The molecule has 1 aliphatic carbocycles. The number of sulfone groups is 1. The Morgan fingerprint density at radius 3 is 2.27 bits per heavy atom. The lowest BCUT2D eigenvalue weighted by Crippen LogP contribution is -2.33. The molecular formula is C29H26F3N3O5S. The Bertz CT molecular complexity index is 1830. The molecule has 5 rings (SSSR count). The Kier molecular flexibility index (Phi) is 6.93. The van der Waals surface area contributed by atoms with Crippen LogP contribution in [-0.4, -0.2) is 29.3 Å². The standard InChI is InChI=1S/C29H26F3N3O5S/c1-15-24(17(3)40-34-15)25-16(2)35(20-6-4-5-19(14-20)29(30,31)32)28(37)26(27(33)36)23(25)13-18-7-9-21(10-8-18)41(38,39)22-11-12-22/h4-10,14,22H,11-13H2,1-3H3,(H2,33,36). The van der Waals surface area contributed by atoms with E-state index in [9.17, 15) is 31.2 Å². The maximum Gasteiger partial charge on any atom is 0.416 e. The van der Waals surface area contributed by atoms with Crippen molar-refractivity contribution in [2.75, 3.05) is 0 Å². The summed E-state index contributed by atoms with van der Waals surface area (Å²) in [6.45, 7) is 4.86. The van der Waals surface area contributed by atoms with Crippen LogP contribution in [-0.2, 0) is 22.4 Å². The molecule has 1 fully saturated rings. The third-order valence-electron chi connectivity index (χ3n) is 7.28. The molecule has 2 aromatic heterocycles. The summed E-state index contributed by atoms with van der Waals surface area (Å²) in [6, 6.07) is 10.4. The number of carbonyl (C=O) groups excluding carboxylic acids is 1. The van der Waals surface area contributed by atoms with Gasteiger partial charge in [-0.3, -0.25) is 14.2 Å². The predicted octanol–water partition coefficient (Wildman–Crippen LogP) is 5.06. The van der Waals surface area contributed by atoms with E-state index < -0.39 is 38.6 Å². The minimum atomic E-state index is -4.66. The first-order valence-corrected chi connectivity index (χ1v) is 14.3. The van der Waals surface area contributed by atoms with E-state index in [-0.39, 0.29) is 33.5 Å². The molecule has 2 N–H and O–H groups in total. The van der Waals surface area contributed by atoms with E-state index in [2.05, 4.69) is 5.16 Å². The molecule has 0 atom stereocenters. The van der Waals surface area contributed by atoms with Crippen LogP contribution < -0.4 is 11.3 Å². The first kappa shape index (κ1) is 28.3. The molecule has 214 valence electrons. The normalized spacial score (nSPS) is 13.9. The van der Waals surface area contributed by atoms with Crippen LogP contribution in [0.5, 0.6) is 0 Å². The highest BCUT2D eigenvalue weighted by Gasteiger charge is 2.37. The van der Waals surface area contributed by atoms with Gasteiger partial charge in [-0.1, -0.05) is 23.4 Å². The summed E-state index contributed by atoms with van der Waals surface area (Å²) >= 11 is 0. The molecule has 1 saturated carbocycles. The van der Waals surface area contributed by atoms with Gasteiger partial charge >= 0.3 is 6.18 Å². The number of aryl methyl sites for hydroxylation is 2. The van der Waals surface area contributed by atoms with Gasteiger partial charge in [0.05, 0.1) is 21.4 Å². The molecule has 0 bridgehead atoms. The second-order valence-electron chi connectivity index (χ2n) is 10.1. The lowest BCUT2D eigenvalue weighted by molar-refractivity contribution is -0.137. The fourth-order valence-electron chi connectivity index (χ4n) is 5.16. The minimum absolute atomic E-state index is 0.000926. The van der Waals surface area contributed by atoms with Crippen molar-refractivity contribution in [1.29, 1.82) is 0 Å². The van der Waals surface area contributed by atoms with Gasteiger partial charge in [0.15, 0.2) is 9.84 Å². The predicted molar refractivity (Wildman–Crippen MR) is 145 cm³/mol. The average molecular weight is 586 g/mol. The number of primary amides is 1. The van der Waals surface area contributed by atoms with E-state index in [4.69, 9.17) is 10.3 Å². The van der Waals surface area contributed by atoms with E-state index in [1.807, 2.05) is 0 Å². The molecule has 0 unspecified atom stereocenters. The summed E-state index contributed by atoms with van der Waals surface area (Å²) in [5.74, 6) is -0.700. The molecule has 12 heteroatoms. The summed E-state index contributed by atoms with van der Waals surface area (Å²) in [5.41, 5.74) is 5.71. The molecule has 41 heavy (non-hydrogen) atoms. The summed E-state index contributed by atoms with van der Waals surface area (Å²) < 4.78 is 72.3. The van der Waals surface area contributed by atoms with Crippen LogP contribution in [0.2, 0.25) is 0 Å². The molecule has 2 aromatic carbocycles. The van der Waals surface area contributed by atoms with Crippen molar-refractivity contribution in [2.24, 2.45) is 5.73 Å². The molecule has 2 heterocycles. The molecule has 0 spiro atoms. The van der Waals surface area contributed by atoms with E-state index in [1.165, 1.54) is 24.3 Å². The van der Waals surface area contributed by atoms with Gasteiger partial charge in [-0.05, 0) is 81.5 Å². The summed E-state index contributed by atoms with van der Waals surface area (Å²) in [4.78, 5) is 26.8. The molecule has 1 aliphatic rings. The molecule has 4 aromatic rings. The number of hydrogen-bond donors (Lipinski definition) is 1. The van der Waals surface area contributed by atoms with E-state index in [0.717, 1.165) is 16.7 Å². The number of hydrogen-bond acceptors (Lipinski definition) is 6. The monoisotopic (exact) mass is 585 g/mol. The summed E-state index contributed by atoms with van der Waals surface area (Å²) in [6.07, 6.45) is -3.42. The molecule has 0 aliphatic heterocycles. The zero-order valence-electron chi connectivity index (χ0n) is 22.4. The molecule has 0 radical (unpaired) electrons. The molecule has 1 amide bonds. The van der Waals surface area contributed by atoms with Crippen molar-refractivity contribution in [3.8, 4) is 16.8 Å². The number of alkyl halides is 3. The van der Waals surface area contributed by atoms with Crippen molar-refractivity contribution < 1.29 is 30.9 Å². The van der Waals surface area contributed by atoms with Gasteiger partial charge in [0.25, 0.3) is 11.5 Å². The third-order valence-corrected chi connectivity index (χ3v) is 9.55. The molecule has 0 saturated heterocycles. The largest absolute Gasteiger partial charge is 0.416 e. The van der Waals surface area contributed by atoms with Crippen LogP contribution >= 0.6 is 0 Å². The molecular weight excluding hydrogens is 559 g/mol. The number of halogens is 3. The topological polar surface area (TPSA) is 125 Å². The maximum atomic E-state index is 13.8. The Labute approximate surface area is 233 Å². The number of benzene rings is 2. The van der Waals surface area contributed by atoms with Gasteiger partial charge in [-0.25, -0.2) is 8.42 Å². The van der Waals surface area contributed by atoms with Gasteiger partial charge in [-0.15, -0.1) is 0 Å². The first-order valence-electron chi connectivity index (χ1n) is 12.7. The van der Waals surface area contributed by atoms with Crippen LogP contribution in [0.25, 0.3) is 16.8 Å². The smallest absolute Gasteiger partial charge is 0.365 e. The summed E-state index contributed by atoms with van der Waals surface area (Å²) in [5, 5.41) is 3.61. The van der Waals surface area contributed by atoms with Gasteiger partial charge in [0, 0.05) is 22.5 Å². The number of carbonyl (C=O) groups is 1.